The van der Waals surface area contributed by atoms with Crippen LogP contribution in [-0.2, 0) is 11.5 Å². The molecule has 0 aliphatic heterocycles. The van der Waals surface area contributed by atoms with Gasteiger partial charge in [-0.05, 0) is 20.9 Å². The maximum absolute atomic E-state index is 10.7. The quantitative estimate of drug-likeness (QED) is 0.328. The monoisotopic (exact) mass is 288 g/mol. The van der Waals surface area contributed by atoms with Gasteiger partial charge in [0.05, 0.1) is 0 Å². The van der Waals surface area contributed by atoms with Gasteiger partial charge in [-0.15, -0.1) is 0 Å². The third-order valence-corrected chi connectivity index (χ3v) is 4.02. The van der Waals surface area contributed by atoms with Crippen LogP contribution in [0.25, 0.3) is 0 Å². The minimum Gasteiger partial charge on any atom is -0.390 e. The molecule has 19 heavy (non-hydrogen) atoms. The number of hydrogen-bond donors (Lipinski definition) is 0. The molecule has 106 valence electrons. The number of hydrogen-bond acceptors (Lipinski definition) is 6. The molecule has 1 aromatic heterocycles. The number of nitro groups is 2. The van der Waals surface area contributed by atoms with E-state index in [4.69, 9.17) is 4.74 Å². The van der Waals surface area contributed by atoms with E-state index in [0.717, 1.165) is 16.8 Å². The van der Waals surface area contributed by atoms with Gasteiger partial charge >= 0.3 is 11.8 Å². The van der Waals surface area contributed by atoms with E-state index in [1.165, 1.54) is 0 Å². The molecule has 1 rings (SSSR count). The highest BCUT2D eigenvalue weighted by atomic mass is 28.3. The van der Waals surface area contributed by atoms with Crippen molar-refractivity contribution in [1.29, 1.82) is 0 Å². The van der Waals surface area contributed by atoms with Crippen LogP contribution < -0.4 is 0 Å². The summed E-state index contributed by atoms with van der Waals surface area (Å²) >= 11 is 0. The molecule has 0 aromatic carbocycles. The van der Waals surface area contributed by atoms with Crippen molar-refractivity contribution in [2.24, 2.45) is 0 Å². The topological polar surface area (TPSA) is 113 Å². The standard InChI is InChI=1S/C9H16N4O5Si/c1-19(2,3)5-4-18-7-11-6-8(12(14)15)10-9(11)13(16)17/h6H,4-5,7H2,1-3H3. The van der Waals surface area contributed by atoms with Crippen LogP contribution in [0.1, 0.15) is 0 Å². The zero-order chi connectivity index (χ0) is 14.6. The van der Waals surface area contributed by atoms with E-state index >= 15 is 0 Å². The van der Waals surface area contributed by atoms with Crippen molar-refractivity contribution in [3.05, 3.63) is 26.4 Å². The second-order valence-electron chi connectivity index (χ2n) is 5.23. The predicted octanol–water partition coefficient (Wildman–Crippen LogP) is 2.01. The maximum atomic E-state index is 10.7. The molecule has 0 saturated heterocycles. The molecule has 0 spiro atoms. The van der Waals surface area contributed by atoms with Crippen LogP contribution in [-0.4, -0.2) is 34.1 Å². The molecule has 9 nitrogen and oxygen atoms in total. The highest BCUT2D eigenvalue weighted by Crippen LogP contribution is 2.17. The van der Waals surface area contributed by atoms with Crippen LogP contribution in [0.3, 0.4) is 0 Å². The molecule has 0 amide bonds. The summed E-state index contributed by atoms with van der Waals surface area (Å²) in [7, 11) is -1.24. The Morgan fingerprint density at radius 3 is 2.42 bits per heavy atom. The summed E-state index contributed by atoms with van der Waals surface area (Å²) in [6, 6.07) is 0.914. The van der Waals surface area contributed by atoms with Gasteiger partial charge in [0.2, 0.25) is 0 Å². The number of ether oxygens (including phenoxy) is 1. The van der Waals surface area contributed by atoms with Crippen molar-refractivity contribution in [3.8, 4) is 0 Å². The van der Waals surface area contributed by atoms with Gasteiger partial charge in [0.15, 0.2) is 12.9 Å². The number of imidazole rings is 1. The van der Waals surface area contributed by atoms with E-state index in [1.54, 1.807) is 0 Å². The summed E-state index contributed by atoms with van der Waals surface area (Å²) in [6.45, 7) is 6.91. The van der Waals surface area contributed by atoms with Crippen LogP contribution in [0.4, 0.5) is 11.8 Å². The number of nitrogens with zero attached hydrogens (tertiary/aromatic N) is 4. The maximum Gasteiger partial charge on any atom is 0.440 e. The van der Waals surface area contributed by atoms with Crippen molar-refractivity contribution in [1.82, 2.24) is 9.55 Å². The summed E-state index contributed by atoms with van der Waals surface area (Å²) in [6.07, 6.45) is 1.01. The van der Waals surface area contributed by atoms with Crippen LogP contribution >= 0.6 is 0 Å². The second-order valence-corrected chi connectivity index (χ2v) is 10.9. The van der Waals surface area contributed by atoms with E-state index in [9.17, 15) is 20.2 Å². The Morgan fingerprint density at radius 2 is 1.95 bits per heavy atom. The SMILES string of the molecule is C[Si](C)(C)CCOCn1cc([N+](=O)[O-])nc1[N+](=O)[O-]. The zero-order valence-electron chi connectivity index (χ0n) is 11.0. The fourth-order valence-corrected chi connectivity index (χ4v) is 2.02. The lowest BCUT2D eigenvalue weighted by molar-refractivity contribution is -0.403. The molecular formula is C9H16N4O5Si. The molecule has 0 unspecified atom stereocenters. The van der Waals surface area contributed by atoms with Crippen LogP contribution in [0.2, 0.25) is 25.7 Å². The van der Waals surface area contributed by atoms with Crippen molar-refractivity contribution in [3.63, 3.8) is 0 Å². The van der Waals surface area contributed by atoms with Crippen LogP contribution in [0.15, 0.2) is 6.20 Å². The Labute approximate surface area is 110 Å². The fourth-order valence-electron chi connectivity index (χ4n) is 1.26. The minimum atomic E-state index is -1.24. The van der Waals surface area contributed by atoms with Crippen LogP contribution in [0, 0.1) is 20.2 Å². The fraction of sp³-hybridized carbons (Fsp3) is 0.667. The first-order valence-electron chi connectivity index (χ1n) is 5.64. The highest BCUT2D eigenvalue weighted by Gasteiger charge is 2.23. The van der Waals surface area contributed by atoms with Gasteiger partial charge in [0, 0.05) is 14.7 Å². The average molecular weight is 288 g/mol. The summed E-state index contributed by atoms with van der Waals surface area (Å²) in [5, 5.41) is 21.2. The Bertz CT molecular complexity index is 481. The third kappa shape index (κ3) is 4.75. The minimum absolute atomic E-state index is 0.109. The van der Waals surface area contributed by atoms with E-state index in [2.05, 4.69) is 24.6 Å². The smallest absolute Gasteiger partial charge is 0.390 e. The molecule has 0 radical (unpaired) electrons. The number of rotatable bonds is 7. The summed E-state index contributed by atoms with van der Waals surface area (Å²) in [5.74, 6) is -1.14. The van der Waals surface area contributed by atoms with E-state index in [1.807, 2.05) is 0 Å². The molecule has 0 aliphatic rings. The molecule has 0 fully saturated rings. The van der Waals surface area contributed by atoms with Crippen LogP contribution in [0.5, 0.6) is 0 Å². The van der Waals surface area contributed by atoms with Gasteiger partial charge in [-0.3, -0.25) is 0 Å². The third-order valence-electron chi connectivity index (χ3n) is 2.32. The normalized spacial score (nSPS) is 11.5. The van der Waals surface area contributed by atoms with E-state index in [-0.39, 0.29) is 6.73 Å². The van der Waals surface area contributed by atoms with E-state index in [0.29, 0.717) is 6.61 Å². The number of aromatic nitrogens is 2. The summed E-state index contributed by atoms with van der Waals surface area (Å²) < 4.78 is 6.34. The Kier molecular flexibility index (Phi) is 4.72. The van der Waals surface area contributed by atoms with E-state index < -0.39 is 29.7 Å². The van der Waals surface area contributed by atoms with Crippen molar-refractivity contribution in [2.75, 3.05) is 6.61 Å². The largest absolute Gasteiger partial charge is 0.440 e. The lowest BCUT2D eigenvalue weighted by atomic mass is 10.8. The van der Waals surface area contributed by atoms with Gasteiger partial charge in [-0.25, -0.2) is 4.57 Å². The molecular weight excluding hydrogens is 272 g/mol. The van der Waals surface area contributed by atoms with Crippen molar-refractivity contribution >= 4 is 19.8 Å². The lowest BCUT2D eigenvalue weighted by Gasteiger charge is -2.14. The molecule has 0 atom stereocenters. The first kappa shape index (κ1) is 15.2. The first-order chi connectivity index (χ1) is 8.70. The van der Waals surface area contributed by atoms with Gasteiger partial charge in [0.1, 0.15) is 0 Å². The Balaban J connectivity index is 2.67. The van der Waals surface area contributed by atoms with Gasteiger partial charge in [-0.2, -0.15) is 0 Å². The summed E-state index contributed by atoms with van der Waals surface area (Å²) in [5.41, 5.74) is 0. The molecule has 0 N–H and O–H groups in total. The second kappa shape index (κ2) is 5.89. The molecule has 1 aromatic rings. The van der Waals surface area contributed by atoms with Gasteiger partial charge < -0.3 is 25.0 Å². The average Bonchev–Trinajstić information content (AvgIpc) is 2.67. The molecule has 10 heteroatoms. The van der Waals surface area contributed by atoms with Gasteiger partial charge in [-0.1, -0.05) is 19.6 Å². The predicted molar refractivity (Wildman–Crippen MR) is 69.6 cm³/mol. The lowest BCUT2D eigenvalue weighted by Crippen LogP contribution is -2.22. The summed E-state index contributed by atoms with van der Waals surface area (Å²) in [4.78, 5) is 23.0. The van der Waals surface area contributed by atoms with Crippen molar-refractivity contribution < 1.29 is 14.6 Å². The first-order valence-corrected chi connectivity index (χ1v) is 9.35. The van der Waals surface area contributed by atoms with Gasteiger partial charge in [0.25, 0.3) is 0 Å². The zero-order valence-corrected chi connectivity index (χ0v) is 12.0. The molecule has 0 saturated carbocycles. The molecule has 1 heterocycles. The molecule has 0 aliphatic carbocycles. The Morgan fingerprint density at radius 1 is 1.32 bits per heavy atom. The molecule has 0 bridgehead atoms. The van der Waals surface area contributed by atoms with Crippen molar-refractivity contribution in [2.45, 2.75) is 32.4 Å². The highest BCUT2D eigenvalue weighted by molar-refractivity contribution is 6.76. The Hall–Kier alpha value is -1.81.